The van der Waals surface area contributed by atoms with Crippen LogP contribution in [0.1, 0.15) is 45.1 Å². The summed E-state index contributed by atoms with van der Waals surface area (Å²) in [5.74, 6) is 0.356. The van der Waals surface area contributed by atoms with E-state index in [0.717, 1.165) is 11.3 Å². The quantitative estimate of drug-likeness (QED) is 0.171. The number of carbonyl (C=O) groups is 2. The number of allylic oxidation sites excluding steroid dienone is 1. The van der Waals surface area contributed by atoms with E-state index >= 15 is 0 Å². The SMILES string of the molecule is COc1cc([C@H]2C(C(=O)OCC(C)C)=C(C)N=c3s/c(=C/c4ccc(-c5cccc(Cl)c5Cl)o4)c(=O)n32)ccc1OC(C)=O. The van der Waals surface area contributed by atoms with Crippen molar-refractivity contribution < 1.29 is 28.2 Å². The minimum Gasteiger partial charge on any atom is -0.493 e. The van der Waals surface area contributed by atoms with Crippen molar-refractivity contribution in [2.45, 2.75) is 33.7 Å². The first kappa shape index (κ1) is 31.3. The Hall–Kier alpha value is -4.12. The monoisotopic (exact) mass is 654 g/mol. The molecule has 0 saturated heterocycles. The summed E-state index contributed by atoms with van der Waals surface area (Å²) in [6, 6.07) is 12.7. The van der Waals surface area contributed by atoms with Crippen LogP contribution in [0.2, 0.25) is 10.0 Å². The van der Waals surface area contributed by atoms with Gasteiger partial charge in [-0.15, -0.1) is 0 Å². The molecule has 1 atom stereocenters. The molecule has 0 aliphatic carbocycles. The molecule has 4 aromatic rings. The summed E-state index contributed by atoms with van der Waals surface area (Å²) in [6.07, 6.45) is 1.61. The Morgan fingerprint density at radius 2 is 1.91 bits per heavy atom. The lowest BCUT2D eigenvalue weighted by Gasteiger charge is -2.25. The van der Waals surface area contributed by atoms with Crippen LogP contribution in [0.25, 0.3) is 17.4 Å². The molecule has 44 heavy (non-hydrogen) atoms. The van der Waals surface area contributed by atoms with E-state index in [9.17, 15) is 14.4 Å². The Morgan fingerprint density at radius 1 is 1.14 bits per heavy atom. The number of furan rings is 1. The van der Waals surface area contributed by atoms with Crippen LogP contribution in [0.15, 0.2) is 74.0 Å². The summed E-state index contributed by atoms with van der Waals surface area (Å²) in [5, 5.41) is 0.753. The summed E-state index contributed by atoms with van der Waals surface area (Å²) in [6.45, 7) is 7.04. The number of thiazole rings is 1. The average Bonchev–Trinajstić information content (AvgIpc) is 3.56. The van der Waals surface area contributed by atoms with Crippen molar-refractivity contribution in [2.24, 2.45) is 10.9 Å². The number of rotatable bonds is 8. The molecule has 0 bridgehead atoms. The number of ether oxygens (including phenoxy) is 3. The number of carbonyl (C=O) groups excluding carboxylic acids is 2. The maximum atomic E-state index is 14.0. The summed E-state index contributed by atoms with van der Waals surface area (Å²) in [4.78, 5) is 44.1. The number of benzene rings is 2. The molecule has 228 valence electrons. The number of nitrogens with zero attached hydrogens (tertiary/aromatic N) is 2. The van der Waals surface area contributed by atoms with Crippen molar-refractivity contribution in [2.75, 3.05) is 13.7 Å². The summed E-state index contributed by atoms with van der Waals surface area (Å²) in [7, 11) is 1.44. The molecule has 2 aromatic heterocycles. The van der Waals surface area contributed by atoms with Gasteiger partial charge >= 0.3 is 11.9 Å². The number of halogens is 2. The number of fused-ring (bicyclic) bond motifs is 1. The minimum atomic E-state index is -0.897. The van der Waals surface area contributed by atoms with Crippen LogP contribution in [-0.4, -0.2) is 30.2 Å². The van der Waals surface area contributed by atoms with Crippen molar-refractivity contribution in [3.05, 3.63) is 101 Å². The molecule has 0 unspecified atom stereocenters. The summed E-state index contributed by atoms with van der Waals surface area (Å²) in [5.41, 5.74) is 1.39. The van der Waals surface area contributed by atoms with Crippen LogP contribution >= 0.6 is 34.5 Å². The highest BCUT2D eigenvalue weighted by Crippen LogP contribution is 2.37. The predicted octanol–water partition coefficient (Wildman–Crippen LogP) is 5.94. The Morgan fingerprint density at radius 3 is 2.61 bits per heavy atom. The van der Waals surface area contributed by atoms with Gasteiger partial charge in [-0.3, -0.25) is 14.2 Å². The van der Waals surface area contributed by atoms with Crippen LogP contribution in [0, 0.1) is 5.92 Å². The topological polar surface area (TPSA) is 109 Å². The van der Waals surface area contributed by atoms with E-state index in [-0.39, 0.29) is 35.2 Å². The second-order valence-electron chi connectivity index (χ2n) is 10.4. The minimum absolute atomic E-state index is 0.0996. The van der Waals surface area contributed by atoms with E-state index in [0.29, 0.717) is 47.7 Å². The average molecular weight is 656 g/mol. The first-order chi connectivity index (χ1) is 21.0. The molecule has 0 amide bonds. The number of methoxy groups -OCH3 is 1. The Bertz CT molecular complexity index is 1990. The van der Waals surface area contributed by atoms with Gasteiger partial charge in [0, 0.05) is 18.6 Å². The molecule has 5 rings (SSSR count). The van der Waals surface area contributed by atoms with Crippen LogP contribution in [0.3, 0.4) is 0 Å². The molecule has 0 radical (unpaired) electrons. The van der Waals surface area contributed by atoms with E-state index in [1.165, 1.54) is 18.6 Å². The fraction of sp³-hybridized carbons (Fsp3) is 0.250. The third kappa shape index (κ3) is 6.24. The summed E-state index contributed by atoms with van der Waals surface area (Å²) < 4.78 is 24.1. The highest BCUT2D eigenvalue weighted by molar-refractivity contribution is 7.07. The lowest BCUT2D eigenvalue weighted by atomic mass is 9.95. The largest absolute Gasteiger partial charge is 0.493 e. The third-order valence-electron chi connectivity index (χ3n) is 6.66. The van der Waals surface area contributed by atoms with Gasteiger partial charge in [-0.2, -0.15) is 0 Å². The van der Waals surface area contributed by atoms with Crippen molar-refractivity contribution in [3.63, 3.8) is 0 Å². The highest BCUT2D eigenvalue weighted by atomic mass is 35.5. The van der Waals surface area contributed by atoms with E-state index in [4.69, 9.17) is 41.8 Å². The zero-order valence-corrected chi connectivity index (χ0v) is 26.8. The van der Waals surface area contributed by atoms with Gasteiger partial charge in [0.2, 0.25) is 0 Å². The number of esters is 2. The van der Waals surface area contributed by atoms with E-state index in [2.05, 4.69) is 4.99 Å². The first-order valence-corrected chi connectivity index (χ1v) is 15.2. The first-order valence-electron chi connectivity index (χ1n) is 13.6. The van der Waals surface area contributed by atoms with Crippen molar-refractivity contribution in [1.29, 1.82) is 0 Å². The van der Waals surface area contributed by atoms with E-state index in [1.54, 1.807) is 61.5 Å². The Labute approximate surface area is 266 Å². The van der Waals surface area contributed by atoms with Gasteiger partial charge in [0.15, 0.2) is 16.3 Å². The fourth-order valence-corrected chi connectivity index (χ4v) is 6.13. The standard InChI is InChI=1S/C32H28Cl2N2O7S/c1-16(2)15-41-31(39)27-17(3)35-32-36(29(27)19-9-11-24(42-18(4)37)25(13-19)40-5)30(38)26(44-32)14-20-10-12-23(43-20)21-7-6-8-22(33)28(21)34/h6-14,16,29H,15H2,1-5H3/b26-14+/t29-/m0/s1. The maximum absolute atomic E-state index is 14.0. The molecule has 2 aromatic carbocycles. The molecule has 0 N–H and O–H groups in total. The normalized spacial score (nSPS) is 14.8. The van der Waals surface area contributed by atoms with E-state index in [1.807, 2.05) is 13.8 Å². The second kappa shape index (κ2) is 12.9. The lowest BCUT2D eigenvalue weighted by molar-refractivity contribution is -0.140. The number of aromatic nitrogens is 1. The van der Waals surface area contributed by atoms with Crippen molar-refractivity contribution in [1.82, 2.24) is 4.57 Å². The second-order valence-corrected chi connectivity index (χ2v) is 12.2. The molecular formula is C32H28Cl2N2O7S. The zero-order chi connectivity index (χ0) is 31.7. The van der Waals surface area contributed by atoms with Gasteiger partial charge < -0.3 is 18.6 Å². The van der Waals surface area contributed by atoms with Gasteiger partial charge in [-0.1, -0.05) is 60.5 Å². The van der Waals surface area contributed by atoms with Gasteiger partial charge in [-0.25, -0.2) is 9.79 Å². The van der Waals surface area contributed by atoms with Crippen molar-refractivity contribution in [3.8, 4) is 22.8 Å². The molecule has 0 fully saturated rings. The van der Waals surface area contributed by atoms with Crippen LogP contribution in [0.5, 0.6) is 11.5 Å². The van der Waals surface area contributed by atoms with Crippen LogP contribution < -0.4 is 24.4 Å². The number of hydrogen-bond donors (Lipinski definition) is 0. The third-order valence-corrected chi connectivity index (χ3v) is 8.47. The van der Waals surface area contributed by atoms with Crippen molar-refractivity contribution >= 4 is 52.6 Å². The molecule has 0 saturated carbocycles. The smallest absolute Gasteiger partial charge is 0.338 e. The lowest BCUT2D eigenvalue weighted by Crippen LogP contribution is -2.40. The Kier molecular flexibility index (Phi) is 9.15. The van der Waals surface area contributed by atoms with Gasteiger partial charge in [0.05, 0.1) is 45.6 Å². The predicted molar refractivity (Wildman–Crippen MR) is 168 cm³/mol. The Balaban J connectivity index is 1.64. The molecule has 1 aliphatic heterocycles. The van der Waals surface area contributed by atoms with Gasteiger partial charge in [-0.05, 0) is 54.8 Å². The summed E-state index contributed by atoms with van der Waals surface area (Å²) >= 11 is 13.7. The molecule has 0 spiro atoms. The zero-order valence-electron chi connectivity index (χ0n) is 24.5. The molecule has 1 aliphatic rings. The molecule has 9 nitrogen and oxygen atoms in total. The van der Waals surface area contributed by atoms with Crippen LogP contribution in [-0.2, 0) is 14.3 Å². The molecular weight excluding hydrogens is 627 g/mol. The van der Waals surface area contributed by atoms with Crippen LogP contribution in [0.4, 0.5) is 0 Å². The van der Waals surface area contributed by atoms with Gasteiger partial charge in [0.1, 0.15) is 11.5 Å². The molecule has 3 heterocycles. The number of hydrogen-bond acceptors (Lipinski definition) is 9. The highest BCUT2D eigenvalue weighted by Gasteiger charge is 2.34. The molecule has 12 heteroatoms. The van der Waals surface area contributed by atoms with E-state index < -0.39 is 18.0 Å². The fourth-order valence-electron chi connectivity index (χ4n) is 4.71. The maximum Gasteiger partial charge on any atom is 0.338 e. The van der Waals surface area contributed by atoms with Gasteiger partial charge in [0.25, 0.3) is 5.56 Å².